The second kappa shape index (κ2) is 4.92. The van der Waals surface area contributed by atoms with Crippen molar-refractivity contribution in [3.8, 4) is 11.4 Å². The van der Waals surface area contributed by atoms with E-state index in [1.807, 2.05) is 12.3 Å². The van der Waals surface area contributed by atoms with Gasteiger partial charge in [-0.15, -0.1) is 0 Å². The van der Waals surface area contributed by atoms with E-state index < -0.39 is 5.91 Å². The quantitative estimate of drug-likeness (QED) is 0.653. The minimum absolute atomic E-state index is 0.279. The first-order valence-electron chi connectivity index (χ1n) is 4.84. The molecule has 0 bridgehead atoms. The highest BCUT2D eigenvalue weighted by molar-refractivity contribution is 7.98. The van der Waals surface area contributed by atoms with Crippen LogP contribution in [0, 0.1) is 0 Å². The van der Waals surface area contributed by atoms with Crippen molar-refractivity contribution in [1.29, 1.82) is 0 Å². The van der Waals surface area contributed by atoms with Crippen molar-refractivity contribution < 1.29 is 4.79 Å². The summed E-state index contributed by atoms with van der Waals surface area (Å²) in [5.41, 5.74) is 6.65. The molecule has 5 nitrogen and oxygen atoms in total. The second-order valence-corrected chi connectivity index (χ2v) is 3.97. The summed E-state index contributed by atoms with van der Waals surface area (Å²) in [6, 6.07) is 5.40. The predicted molar refractivity (Wildman–Crippen MR) is 65.6 cm³/mol. The molecule has 0 fully saturated rings. The molecule has 86 valence electrons. The molecule has 0 saturated heterocycles. The SMILES string of the molecule is CSc1ncc(C(N)=O)c(-c2ccccn2)n1. The fourth-order valence-electron chi connectivity index (χ4n) is 1.34. The molecule has 2 rings (SSSR count). The average Bonchev–Trinajstić information content (AvgIpc) is 2.39. The third-order valence-electron chi connectivity index (χ3n) is 2.12. The Morgan fingerprint density at radius 3 is 2.76 bits per heavy atom. The fraction of sp³-hybridized carbons (Fsp3) is 0.0909. The topological polar surface area (TPSA) is 81.8 Å². The van der Waals surface area contributed by atoms with E-state index in [1.165, 1.54) is 18.0 Å². The van der Waals surface area contributed by atoms with E-state index in [-0.39, 0.29) is 5.56 Å². The van der Waals surface area contributed by atoms with Crippen LogP contribution in [0.2, 0.25) is 0 Å². The van der Waals surface area contributed by atoms with Crippen LogP contribution in [0.15, 0.2) is 35.7 Å². The van der Waals surface area contributed by atoms with Crippen molar-refractivity contribution in [3.63, 3.8) is 0 Å². The van der Waals surface area contributed by atoms with Crippen LogP contribution < -0.4 is 5.73 Å². The summed E-state index contributed by atoms with van der Waals surface area (Å²) in [5.74, 6) is -0.557. The molecule has 2 heterocycles. The minimum atomic E-state index is -0.557. The Balaban J connectivity index is 2.61. The van der Waals surface area contributed by atoms with E-state index in [0.717, 1.165) is 0 Å². The van der Waals surface area contributed by atoms with E-state index >= 15 is 0 Å². The second-order valence-electron chi connectivity index (χ2n) is 3.20. The summed E-state index contributed by atoms with van der Waals surface area (Å²) in [6.07, 6.45) is 4.94. The van der Waals surface area contributed by atoms with Gasteiger partial charge in [-0.3, -0.25) is 9.78 Å². The van der Waals surface area contributed by atoms with E-state index in [1.54, 1.807) is 18.3 Å². The highest BCUT2D eigenvalue weighted by Crippen LogP contribution is 2.20. The van der Waals surface area contributed by atoms with E-state index in [2.05, 4.69) is 15.0 Å². The molecule has 0 aliphatic rings. The first-order valence-corrected chi connectivity index (χ1v) is 6.07. The van der Waals surface area contributed by atoms with Crippen LogP contribution in [0.4, 0.5) is 0 Å². The number of nitrogens with two attached hydrogens (primary N) is 1. The predicted octanol–water partition coefficient (Wildman–Crippen LogP) is 1.36. The number of thioether (sulfide) groups is 1. The number of pyridine rings is 1. The van der Waals surface area contributed by atoms with Gasteiger partial charge in [-0.05, 0) is 18.4 Å². The summed E-state index contributed by atoms with van der Waals surface area (Å²) in [6.45, 7) is 0. The first-order chi connectivity index (χ1) is 8.22. The lowest BCUT2D eigenvalue weighted by Crippen LogP contribution is -2.14. The van der Waals surface area contributed by atoms with Gasteiger partial charge < -0.3 is 5.73 Å². The van der Waals surface area contributed by atoms with E-state index in [4.69, 9.17) is 5.73 Å². The maximum Gasteiger partial charge on any atom is 0.252 e. The Bertz CT molecular complexity index is 544. The normalized spacial score (nSPS) is 10.2. The third-order valence-corrected chi connectivity index (χ3v) is 2.68. The average molecular weight is 246 g/mol. The highest BCUT2D eigenvalue weighted by Gasteiger charge is 2.14. The number of amides is 1. The maximum absolute atomic E-state index is 11.3. The van der Waals surface area contributed by atoms with Crippen LogP contribution >= 0.6 is 11.8 Å². The van der Waals surface area contributed by atoms with Crippen LogP contribution in [-0.2, 0) is 0 Å². The maximum atomic E-state index is 11.3. The van der Waals surface area contributed by atoms with Crippen molar-refractivity contribution in [3.05, 3.63) is 36.2 Å². The minimum Gasteiger partial charge on any atom is -0.365 e. The van der Waals surface area contributed by atoms with Gasteiger partial charge in [0.15, 0.2) is 5.16 Å². The van der Waals surface area contributed by atoms with Crippen molar-refractivity contribution >= 4 is 17.7 Å². The number of rotatable bonds is 3. The smallest absolute Gasteiger partial charge is 0.252 e. The molecule has 0 aliphatic heterocycles. The molecule has 0 saturated carbocycles. The van der Waals surface area contributed by atoms with Crippen LogP contribution in [0.25, 0.3) is 11.4 Å². The zero-order chi connectivity index (χ0) is 12.3. The highest BCUT2D eigenvalue weighted by atomic mass is 32.2. The van der Waals surface area contributed by atoms with E-state index in [0.29, 0.717) is 16.5 Å². The van der Waals surface area contributed by atoms with Gasteiger partial charge in [0.25, 0.3) is 5.91 Å². The van der Waals surface area contributed by atoms with Gasteiger partial charge in [0.2, 0.25) is 0 Å². The van der Waals surface area contributed by atoms with Crippen LogP contribution in [0.1, 0.15) is 10.4 Å². The van der Waals surface area contributed by atoms with Gasteiger partial charge in [0.1, 0.15) is 5.69 Å². The first kappa shape index (κ1) is 11.5. The standard InChI is InChI=1S/C11H10N4OS/c1-17-11-14-6-7(10(12)16)9(15-11)8-4-2-3-5-13-8/h2-6H,1H3,(H2,12,16). The summed E-state index contributed by atoms with van der Waals surface area (Å²) in [7, 11) is 0. The summed E-state index contributed by atoms with van der Waals surface area (Å²) >= 11 is 1.40. The number of aromatic nitrogens is 3. The molecule has 0 aliphatic carbocycles. The zero-order valence-corrected chi connectivity index (χ0v) is 9.94. The van der Waals surface area contributed by atoms with Crippen molar-refractivity contribution in [2.45, 2.75) is 5.16 Å². The molecule has 0 atom stereocenters. The Morgan fingerprint density at radius 1 is 1.35 bits per heavy atom. The Labute approximate surface area is 103 Å². The molecular weight excluding hydrogens is 236 g/mol. The summed E-state index contributed by atoms with van der Waals surface area (Å²) < 4.78 is 0. The molecule has 17 heavy (non-hydrogen) atoms. The van der Waals surface area contributed by atoms with Crippen molar-refractivity contribution in [2.24, 2.45) is 5.73 Å². The summed E-state index contributed by atoms with van der Waals surface area (Å²) in [5, 5.41) is 0.579. The van der Waals surface area contributed by atoms with Gasteiger partial charge in [-0.25, -0.2) is 9.97 Å². The number of hydrogen-bond acceptors (Lipinski definition) is 5. The van der Waals surface area contributed by atoms with Crippen LogP contribution in [0.5, 0.6) is 0 Å². The van der Waals surface area contributed by atoms with Crippen molar-refractivity contribution in [2.75, 3.05) is 6.26 Å². The Hall–Kier alpha value is -1.95. The van der Waals surface area contributed by atoms with Gasteiger partial charge in [-0.2, -0.15) is 0 Å². The Kier molecular flexibility index (Phi) is 3.34. The lowest BCUT2D eigenvalue weighted by Gasteiger charge is -2.05. The lowest BCUT2D eigenvalue weighted by atomic mass is 10.1. The number of hydrogen-bond donors (Lipinski definition) is 1. The molecule has 0 aromatic carbocycles. The van der Waals surface area contributed by atoms with Gasteiger partial charge in [0, 0.05) is 12.4 Å². The van der Waals surface area contributed by atoms with Gasteiger partial charge in [0.05, 0.1) is 11.3 Å². The third kappa shape index (κ3) is 2.42. The number of carbonyl (C=O) groups is 1. The lowest BCUT2D eigenvalue weighted by molar-refractivity contribution is 0.1000. The van der Waals surface area contributed by atoms with Gasteiger partial charge >= 0.3 is 0 Å². The zero-order valence-electron chi connectivity index (χ0n) is 9.12. The number of nitrogens with zero attached hydrogens (tertiary/aromatic N) is 3. The molecule has 6 heteroatoms. The molecular formula is C11H10N4OS. The van der Waals surface area contributed by atoms with Crippen LogP contribution in [-0.4, -0.2) is 27.1 Å². The molecule has 1 amide bonds. The van der Waals surface area contributed by atoms with Gasteiger partial charge in [-0.1, -0.05) is 17.8 Å². The molecule has 2 aromatic heterocycles. The van der Waals surface area contributed by atoms with Crippen molar-refractivity contribution in [1.82, 2.24) is 15.0 Å². The largest absolute Gasteiger partial charge is 0.365 e. The fourth-order valence-corrected chi connectivity index (χ4v) is 1.68. The van der Waals surface area contributed by atoms with E-state index in [9.17, 15) is 4.79 Å². The molecule has 2 aromatic rings. The monoisotopic (exact) mass is 246 g/mol. The molecule has 0 unspecified atom stereocenters. The molecule has 0 spiro atoms. The number of carbonyl (C=O) groups excluding carboxylic acids is 1. The summed E-state index contributed by atoms with van der Waals surface area (Å²) in [4.78, 5) is 23.8. The number of primary amides is 1. The molecule has 0 radical (unpaired) electrons. The molecule has 2 N–H and O–H groups in total. The van der Waals surface area contributed by atoms with Crippen LogP contribution in [0.3, 0.4) is 0 Å². The Morgan fingerprint density at radius 2 is 2.18 bits per heavy atom.